The molecule has 0 heterocycles. The SMILES string of the molecule is CCCCCCCC(=O)OCCOCCOCCOCCOCCOCCOCCOCCOCCOCCOCCOCCC(=O)OC. The fraction of sp³-hybridized carbons (Fsp3) is 0.941. The molecule has 0 unspecified atom stereocenters. The number of carbonyl (C=O) groups is 2. The summed E-state index contributed by atoms with van der Waals surface area (Å²) in [5.41, 5.74) is 0. The van der Waals surface area contributed by atoms with Gasteiger partial charge in [0.05, 0.1) is 159 Å². The van der Waals surface area contributed by atoms with E-state index in [2.05, 4.69) is 11.7 Å². The largest absolute Gasteiger partial charge is 0.469 e. The normalized spacial score (nSPS) is 11.3. The van der Waals surface area contributed by atoms with Crippen molar-refractivity contribution in [2.24, 2.45) is 0 Å². The van der Waals surface area contributed by atoms with Crippen LogP contribution >= 0.6 is 0 Å². The van der Waals surface area contributed by atoms with Crippen molar-refractivity contribution in [1.29, 1.82) is 0 Å². The molecule has 15 nitrogen and oxygen atoms in total. The lowest BCUT2D eigenvalue weighted by Gasteiger charge is -2.09. The number of unbranched alkanes of at least 4 members (excludes halogenated alkanes) is 4. The lowest BCUT2D eigenvalue weighted by Crippen LogP contribution is -2.15. The zero-order valence-corrected chi connectivity index (χ0v) is 30.3. The fourth-order valence-electron chi connectivity index (χ4n) is 3.72. The van der Waals surface area contributed by atoms with Crippen molar-refractivity contribution in [2.75, 3.05) is 159 Å². The van der Waals surface area contributed by atoms with Gasteiger partial charge in [-0.15, -0.1) is 0 Å². The van der Waals surface area contributed by atoms with E-state index in [1.54, 1.807) is 0 Å². The molecule has 292 valence electrons. The van der Waals surface area contributed by atoms with E-state index in [0.717, 1.165) is 12.8 Å². The Hall–Kier alpha value is -1.50. The minimum atomic E-state index is -0.288. The summed E-state index contributed by atoms with van der Waals surface area (Å²) in [6.45, 7) is 12.7. The molecule has 0 fully saturated rings. The molecule has 0 atom stereocenters. The first-order valence-corrected chi connectivity index (χ1v) is 17.8. The summed E-state index contributed by atoms with van der Waals surface area (Å²) in [4.78, 5) is 22.5. The lowest BCUT2D eigenvalue weighted by molar-refractivity contribution is -0.145. The predicted octanol–water partition coefficient (Wildman–Crippen LogP) is 2.64. The van der Waals surface area contributed by atoms with Gasteiger partial charge in [-0.3, -0.25) is 9.59 Å². The third kappa shape index (κ3) is 42.6. The van der Waals surface area contributed by atoms with Crippen molar-refractivity contribution in [3.8, 4) is 0 Å². The number of hydrogen-bond acceptors (Lipinski definition) is 15. The third-order valence-electron chi connectivity index (χ3n) is 6.37. The van der Waals surface area contributed by atoms with Gasteiger partial charge in [-0.05, 0) is 6.42 Å². The van der Waals surface area contributed by atoms with Gasteiger partial charge in [-0.1, -0.05) is 32.6 Å². The van der Waals surface area contributed by atoms with Gasteiger partial charge in [-0.2, -0.15) is 0 Å². The van der Waals surface area contributed by atoms with Crippen LogP contribution in [0.25, 0.3) is 0 Å². The molecule has 0 spiro atoms. The molecule has 0 radical (unpaired) electrons. The molecule has 0 bridgehead atoms. The van der Waals surface area contributed by atoms with Crippen LogP contribution in [0.4, 0.5) is 0 Å². The Balaban J connectivity index is 3.10. The smallest absolute Gasteiger partial charge is 0.307 e. The second-order valence-electron chi connectivity index (χ2n) is 10.4. The summed E-state index contributed by atoms with van der Waals surface area (Å²) in [7, 11) is 1.35. The lowest BCUT2D eigenvalue weighted by atomic mass is 10.1. The number of carbonyl (C=O) groups excluding carboxylic acids is 2. The quantitative estimate of drug-likeness (QED) is 0.0672. The van der Waals surface area contributed by atoms with Gasteiger partial charge >= 0.3 is 11.9 Å². The summed E-state index contributed by atoms with van der Waals surface area (Å²) in [5.74, 6) is -0.439. The van der Waals surface area contributed by atoms with E-state index in [4.69, 9.17) is 56.8 Å². The highest BCUT2D eigenvalue weighted by molar-refractivity contribution is 5.69. The zero-order chi connectivity index (χ0) is 35.6. The molecule has 0 aromatic heterocycles. The van der Waals surface area contributed by atoms with Crippen LogP contribution in [0.3, 0.4) is 0 Å². The van der Waals surface area contributed by atoms with E-state index in [9.17, 15) is 9.59 Å². The summed E-state index contributed by atoms with van der Waals surface area (Å²) < 4.78 is 69.4. The third-order valence-corrected chi connectivity index (χ3v) is 6.37. The van der Waals surface area contributed by atoms with Gasteiger partial charge in [0, 0.05) is 6.42 Å². The first kappa shape index (κ1) is 47.5. The molecule has 0 aliphatic rings. The molecule has 0 aliphatic heterocycles. The number of esters is 2. The van der Waals surface area contributed by atoms with Gasteiger partial charge in [0.25, 0.3) is 0 Å². The molecular formula is C34H66O15. The van der Waals surface area contributed by atoms with E-state index in [-0.39, 0.29) is 25.0 Å². The molecule has 15 heteroatoms. The number of rotatable bonds is 42. The molecule has 0 saturated heterocycles. The zero-order valence-electron chi connectivity index (χ0n) is 30.3. The maximum Gasteiger partial charge on any atom is 0.307 e. The highest BCUT2D eigenvalue weighted by Gasteiger charge is 2.03. The van der Waals surface area contributed by atoms with E-state index in [1.807, 2.05) is 0 Å². The minimum absolute atomic E-state index is 0.151. The Morgan fingerprint density at radius 2 is 0.612 bits per heavy atom. The van der Waals surface area contributed by atoms with Crippen molar-refractivity contribution in [3.63, 3.8) is 0 Å². The Labute approximate surface area is 294 Å². The predicted molar refractivity (Wildman–Crippen MR) is 180 cm³/mol. The van der Waals surface area contributed by atoms with E-state index in [1.165, 1.54) is 26.4 Å². The van der Waals surface area contributed by atoms with Crippen LogP contribution in [0.15, 0.2) is 0 Å². The fourth-order valence-corrected chi connectivity index (χ4v) is 3.72. The van der Waals surface area contributed by atoms with Gasteiger partial charge in [0.1, 0.15) is 6.61 Å². The van der Waals surface area contributed by atoms with Gasteiger partial charge in [0.15, 0.2) is 0 Å². The summed E-state index contributed by atoms with van der Waals surface area (Å²) in [6, 6.07) is 0. The average molecular weight is 715 g/mol. The maximum atomic E-state index is 11.6. The molecule has 0 aromatic rings. The van der Waals surface area contributed by atoms with Crippen molar-refractivity contribution in [1.82, 2.24) is 0 Å². The highest BCUT2D eigenvalue weighted by atomic mass is 16.6. The van der Waals surface area contributed by atoms with E-state index in [0.29, 0.717) is 152 Å². The molecule has 0 aliphatic carbocycles. The topological polar surface area (TPSA) is 154 Å². The minimum Gasteiger partial charge on any atom is -0.469 e. The number of hydrogen-bond donors (Lipinski definition) is 0. The van der Waals surface area contributed by atoms with Crippen molar-refractivity contribution in [2.45, 2.75) is 51.9 Å². The van der Waals surface area contributed by atoms with Crippen LogP contribution in [0.5, 0.6) is 0 Å². The van der Waals surface area contributed by atoms with Crippen LogP contribution in [0.1, 0.15) is 51.9 Å². The Bertz CT molecular complexity index is 671. The Kier molecular flexibility index (Phi) is 41.4. The standard InChI is InChI=1S/C34H66O15/c1-3-4-5-6-7-8-34(36)49-32-31-48-30-29-47-28-27-46-26-25-45-24-23-44-22-21-43-20-19-42-18-17-41-16-15-40-14-13-39-12-11-38-10-9-33(35)37-2/h3-32H2,1-2H3. The number of ether oxygens (including phenoxy) is 13. The van der Waals surface area contributed by atoms with Crippen molar-refractivity contribution >= 4 is 11.9 Å². The molecule has 0 aromatic carbocycles. The maximum absolute atomic E-state index is 11.6. The van der Waals surface area contributed by atoms with Crippen molar-refractivity contribution < 1.29 is 71.2 Å². The molecule has 0 N–H and O–H groups in total. The van der Waals surface area contributed by atoms with Crippen LogP contribution < -0.4 is 0 Å². The molecule has 0 rings (SSSR count). The van der Waals surface area contributed by atoms with Crippen LogP contribution in [0, 0.1) is 0 Å². The van der Waals surface area contributed by atoms with Crippen molar-refractivity contribution in [3.05, 3.63) is 0 Å². The van der Waals surface area contributed by atoms with E-state index < -0.39 is 0 Å². The highest BCUT2D eigenvalue weighted by Crippen LogP contribution is 2.05. The van der Waals surface area contributed by atoms with Gasteiger partial charge < -0.3 is 61.6 Å². The second kappa shape index (κ2) is 42.7. The van der Waals surface area contributed by atoms with Crippen LogP contribution in [-0.4, -0.2) is 171 Å². The number of methoxy groups -OCH3 is 1. The van der Waals surface area contributed by atoms with E-state index >= 15 is 0 Å². The monoisotopic (exact) mass is 714 g/mol. The molecule has 49 heavy (non-hydrogen) atoms. The van der Waals surface area contributed by atoms with Gasteiger partial charge in [-0.25, -0.2) is 0 Å². The second-order valence-corrected chi connectivity index (χ2v) is 10.4. The summed E-state index contributed by atoms with van der Waals surface area (Å²) in [5, 5.41) is 0. The van der Waals surface area contributed by atoms with Gasteiger partial charge in [0.2, 0.25) is 0 Å². The summed E-state index contributed by atoms with van der Waals surface area (Å²) >= 11 is 0. The Morgan fingerprint density at radius 3 is 0.918 bits per heavy atom. The van der Waals surface area contributed by atoms with Crippen LogP contribution in [-0.2, 0) is 71.2 Å². The average Bonchev–Trinajstić information content (AvgIpc) is 3.11. The molecular weight excluding hydrogens is 648 g/mol. The Morgan fingerprint density at radius 1 is 0.327 bits per heavy atom. The first-order chi connectivity index (χ1) is 24.2. The first-order valence-electron chi connectivity index (χ1n) is 17.8. The molecule has 0 saturated carbocycles. The van der Waals surface area contributed by atoms with Crippen LogP contribution in [0.2, 0.25) is 0 Å². The summed E-state index contributed by atoms with van der Waals surface area (Å²) in [6.07, 6.45) is 6.30. The molecule has 0 amide bonds.